The molecule has 18 heavy (non-hydrogen) atoms. The SMILES string of the molecule is O=c1n(C2CC2)c(=O)n(C2CC2)c(=O)n1C1CC1. The molecule has 1 aromatic heterocycles. The minimum absolute atomic E-state index is 0.0283. The van der Waals surface area contributed by atoms with Gasteiger partial charge in [0, 0.05) is 18.1 Å². The summed E-state index contributed by atoms with van der Waals surface area (Å²) >= 11 is 0. The van der Waals surface area contributed by atoms with E-state index >= 15 is 0 Å². The second-order valence-corrected chi connectivity index (χ2v) is 5.65. The van der Waals surface area contributed by atoms with Gasteiger partial charge in [-0.15, -0.1) is 0 Å². The Bertz CT molecular complexity index is 558. The van der Waals surface area contributed by atoms with Gasteiger partial charge in [-0.3, -0.25) is 0 Å². The maximum atomic E-state index is 12.3. The molecule has 96 valence electrons. The van der Waals surface area contributed by atoms with Crippen LogP contribution in [0.15, 0.2) is 14.4 Å². The van der Waals surface area contributed by atoms with Crippen LogP contribution in [-0.2, 0) is 0 Å². The van der Waals surface area contributed by atoms with Crippen molar-refractivity contribution in [3.63, 3.8) is 0 Å². The summed E-state index contributed by atoms with van der Waals surface area (Å²) in [6.07, 6.45) is 5.27. The zero-order chi connectivity index (χ0) is 12.4. The van der Waals surface area contributed by atoms with Crippen LogP contribution in [0.1, 0.15) is 56.7 Å². The number of hydrogen-bond acceptors (Lipinski definition) is 3. The summed E-state index contributed by atoms with van der Waals surface area (Å²) < 4.78 is 3.95. The van der Waals surface area contributed by atoms with Gasteiger partial charge >= 0.3 is 17.1 Å². The monoisotopic (exact) mass is 249 g/mol. The maximum absolute atomic E-state index is 12.3. The third kappa shape index (κ3) is 1.38. The van der Waals surface area contributed by atoms with Gasteiger partial charge in [-0.25, -0.2) is 28.1 Å². The summed E-state index contributed by atoms with van der Waals surface area (Å²) in [5, 5.41) is 0. The lowest BCUT2D eigenvalue weighted by Crippen LogP contribution is -2.53. The lowest BCUT2D eigenvalue weighted by atomic mass is 10.5. The molecule has 3 saturated carbocycles. The van der Waals surface area contributed by atoms with Crippen LogP contribution in [-0.4, -0.2) is 13.7 Å². The molecular formula is C12H15N3O3. The van der Waals surface area contributed by atoms with Crippen LogP contribution >= 0.6 is 0 Å². The van der Waals surface area contributed by atoms with Crippen molar-refractivity contribution in [2.75, 3.05) is 0 Å². The zero-order valence-corrected chi connectivity index (χ0v) is 10.0. The van der Waals surface area contributed by atoms with Crippen LogP contribution in [0.25, 0.3) is 0 Å². The Balaban J connectivity index is 2.06. The molecule has 0 saturated heterocycles. The van der Waals surface area contributed by atoms with Gasteiger partial charge in [0.15, 0.2) is 0 Å². The Morgan fingerprint density at radius 1 is 0.556 bits per heavy atom. The van der Waals surface area contributed by atoms with Crippen molar-refractivity contribution in [2.45, 2.75) is 56.7 Å². The summed E-state index contributed by atoms with van der Waals surface area (Å²) in [6.45, 7) is 0. The Morgan fingerprint density at radius 3 is 0.944 bits per heavy atom. The van der Waals surface area contributed by atoms with Gasteiger partial charge < -0.3 is 0 Å². The van der Waals surface area contributed by atoms with E-state index in [1.165, 1.54) is 13.7 Å². The van der Waals surface area contributed by atoms with E-state index in [0.717, 1.165) is 38.5 Å². The first-order valence-corrected chi connectivity index (χ1v) is 6.68. The van der Waals surface area contributed by atoms with Gasteiger partial charge in [-0.1, -0.05) is 0 Å². The van der Waals surface area contributed by atoms with E-state index in [0.29, 0.717) is 0 Å². The highest BCUT2D eigenvalue weighted by Gasteiger charge is 2.37. The minimum atomic E-state index is -0.383. The second kappa shape index (κ2) is 3.24. The first kappa shape index (κ1) is 10.3. The van der Waals surface area contributed by atoms with E-state index in [2.05, 4.69) is 0 Å². The van der Waals surface area contributed by atoms with Gasteiger partial charge in [0.2, 0.25) is 0 Å². The van der Waals surface area contributed by atoms with Crippen molar-refractivity contribution in [3.8, 4) is 0 Å². The summed E-state index contributed by atoms with van der Waals surface area (Å²) in [5.74, 6) is 0. The molecule has 0 unspecified atom stereocenters. The van der Waals surface area contributed by atoms with E-state index in [-0.39, 0.29) is 35.2 Å². The predicted molar refractivity (Wildman–Crippen MR) is 64.0 cm³/mol. The molecule has 3 aliphatic rings. The van der Waals surface area contributed by atoms with Crippen LogP contribution in [0.2, 0.25) is 0 Å². The Hall–Kier alpha value is -1.59. The smallest absolute Gasteiger partial charge is 0.247 e. The quantitative estimate of drug-likeness (QED) is 0.767. The average molecular weight is 249 g/mol. The molecule has 0 aliphatic heterocycles. The van der Waals surface area contributed by atoms with Crippen molar-refractivity contribution in [1.82, 2.24) is 13.7 Å². The van der Waals surface area contributed by atoms with E-state index in [4.69, 9.17) is 0 Å². The molecule has 1 heterocycles. The number of rotatable bonds is 3. The fourth-order valence-electron chi connectivity index (χ4n) is 2.53. The Morgan fingerprint density at radius 2 is 0.778 bits per heavy atom. The number of hydrogen-bond donors (Lipinski definition) is 0. The summed E-state index contributed by atoms with van der Waals surface area (Å²) in [7, 11) is 0. The average Bonchev–Trinajstić information content (AvgIpc) is 3.11. The zero-order valence-electron chi connectivity index (χ0n) is 10.0. The molecule has 0 N–H and O–H groups in total. The van der Waals surface area contributed by atoms with Gasteiger partial charge in [0.1, 0.15) is 0 Å². The van der Waals surface area contributed by atoms with Gasteiger partial charge in [0.05, 0.1) is 0 Å². The van der Waals surface area contributed by atoms with Crippen LogP contribution in [0.3, 0.4) is 0 Å². The van der Waals surface area contributed by atoms with Crippen LogP contribution in [0.5, 0.6) is 0 Å². The molecule has 0 radical (unpaired) electrons. The maximum Gasteiger partial charge on any atom is 0.336 e. The molecule has 3 fully saturated rings. The van der Waals surface area contributed by atoms with Crippen molar-refractivity contribution in [1.29, 1.82) is 0 Å². The lowest BCUT2D eigenvalue weighted by Gasteiger charge is -2.12. The highest BCUT2D eigenvalue weighted by atomic mass is 16.2. The molecule has 0 spiro atoms. The summed E-state index contributed by atoms with van der Waals surface area (Å²) in [5.41, 5.74) is -1.15. The molecular weight excluding hydrogens is 234 g/mol. The predicted octanol–water partition coefficient (Wildman–Crippen LogP) is 0.176. The standard InChI is InChI=1S/C12H15N3O3/c16-10-13(7-1-2-7)11(17)15(9-5-6-9)12(18)14(10)8-3-4-8/h7-9H,1-6H2. The third-order valence-electron chi connectivity index (χ3n) is 3.97. The topological polar surface area (TPSA) is 66.0 Å². The van der Waals surface area contributed by atoms with Crippen LogP contribution < -0.4 is 17.1 Å². The van der Waals surface area contributed by atoms with E-state index in [1.807, 2.05) is 0 Å². The Labute approximate surface area is 102 Å². The minimum Gasteiger partial charge on any atom is -0.247 e. The van der Waals surface area contributed by atoms with E-state index in [1.54, 1.807) is 0 Å². The molecule has 1 aromatic rings. The molecule has 6 heteroatoms. The van der Waals surface area contributed by atoms with Crippen LogP contribution in [0.4, 0.5) is 0 Å². The fourth-order valence-corrected chi connectivity index (χ4v) is 2.53. The summed E-state index contributed by atoms with van der Waals surface area (Å²) in [6, 6.07) is 0.0850. The molecule has 4 rings (SSSR count). The van der Waals surface area contributed by atoms with Crippen molar-refractivity contribution in [3.05, 3.63) is 31.5 Å². The van der Waals surface area contributed by atoms with Gasteiger partial charge in [-0.05, 0) is 38.5 Å². The lowest BCUT2D eigenvalue weighted by molar-refractivity contribution is 0.455. The number of aromatic nitrogens is 3. The molecule has 0 amide bonds. The van der Waals surface area contributed by atoms with E-state index < -0.39 is 0 Å². The highest BCUT2D eigenvalue weighted by Crippen LogP contribution is 2.36. The number of nitrogens with zero attached hydrogens (tertiary/aromatic N) is 3. The second-order valence-electron chi connectivity index (χ2n) is 5.65. The van der Waals surface area contributed by atoms with Crippen molar-refractivity contribution >= 4 is 0 Å². The fraction of sp³-hybridized carbons (Fsp3) is 0.750. The molecule has 3 aliphatic carbocycles. The van der Waals surface area contributed by atoms with Crippen molar-refractivity contribution < 1.29 is 0 Å². The largest absolute Gasteiger partial charge is 0.336 e. The highest BCUT2D eigenvalue weighted by molar-refractivity contribution is 4.96. The third-order valence-corrected chi connectivity index (χ3v) is 3.97. The first-order chi connectivity index (χ1) is 8.68. The van der Waals surface area contributed by atoms with Gasteiger partial charge in [-0.2, -0.15) is 0 Å². The molecule has 0 aromatic carbocycles. The normalized spacial score (nSPS) is 23.3. The van der Waals surface area contributed by atoms with Crippen LogP contribution in [0, 0.1) is 0 Å². The molecule has 0 atom stereocenters. The van der Waals surface area contributed by atoms with Gasteiger partial charge in [0.25, 0.3) is 0 Å². The van der Waals surface area contributed by atoms with Crippen molar-refractivity contribution in [2.24, 2.45) is 0 Å². The molecule has 0 bridgehead atoms. The van der Waals surface area contributed by atoms with E-state index in [9.17, 15) is 14.4 Å². The first-order valence-electron chi connectivity index (χ1n) is 6.68. The summed E-state index contributed by atoms with van der Waals surface area (Å²) in [4.78, 5) is 36.8. The molecule has 6 nitrogen and oxygen atoms in total. The Kier molecular flexibility index (Phi) is 1.86.